The van der Waals surface area contributed by atoms with Crippen molar-refractivity contribution in [3.63, 3.8) is 0 Å². The van der Waals surface area contributed by atoms with Gasteiger partial charge in [0, 0.05) is 55.5 Å². The Labute approximate surface area is 171 Å². The van der Waals surface area contributed by atoms with E-state index in [0.29, 0.717) is 12.5 Å². The second-order valence-corrected chi connectivity index (χ2v) is 7.35. The van der Waals surface area contributed by atoms with Gasteiger partial charge in [-0.15, -0.1) is 0 Å². The van der Waals surface area contributed by atoms with Crippen molar-refractivity contribution in [3.05, 3.63) is 66.1 Å². The molecule has 0 bridgehead atoms. The Hall–Kier alpha value is -3.19. The number of likely N-dealkylation sites (N-methyl/N-ethyl adjacent to an activating group) is 1. The third-order valence-electron chi connectivity index (χ3n) is 5.02. The van der Waals surface area contributed by atoms with E-state index in [4.69, 9.17) is 0 Å². The fraction of sp³-hybridized carbons (Fsp3) is 0.318. The number of benzene rings is 1. The third-order valence-corrected chi connectivity index (χ3v) is 5.02. The molecule has 1 saturated heterocycles. The predicted molar refractivity (Wildman–Crippen MR) is 118 cm³/mol. The van der Waals surface area contributed by atoms with Gasteiger partial charge in [0.2, 0.25) is 5.95 Å². The molecule has 4 rings (SSSR count). The number of anilines is 4. The molecule has 1 fully saturated rings. The molecule has 1 aliphatic rings. The monoisotopic (exact) mass is 389 g/mol. The van der Waals surface area contributed by atoms with Crippen LogP contribution in [0.15, 0.2) is 54.7 Å². The Bertz CT molecular complexity index is 920. The van der Waals surface area contributed by atoms with Crippen LogP contribution in [0.1, 0.15) is 11.4 Å². The zero-order valence-electron chi connectivity index (χ0n) is 17.0. The topological polar surface area (TPSA) is 69.2 Å². The third kappa shape index (κ3) is 5.20. The van der Waals surface area contributed by atoms with Crippen molar-refractivity contribution in [2.75, 3.05) is 48.8 Å². The van der Waals surface area contributed by atoms with Crippen molar-refractivity contribution < 1.29 is 0 Å². The summed E-state index contributed by atoms with van der Waals surface area (Å²) in [4.78, 5) is 18.2. The molecule has 0 atom stereocenters. The van der Waals surface area contributed by atoms with Crippen molar-refractivity contribution in [1.82, 2.24) is 19.9 Å². The Balaban J connectivity index is 1.40. The van der Waals surface area contributed by atoms with Crippen molar-refractivity contribution in [1.29, 1.82) is 0 Å². The fourth-order valence-electron chi connectivity index (χ4n) is 3.35. The SMILES string of the molecule is Cc1cc(Nc2ccc(N3CCN(C)CC3)cc2)nc(NCc2ccccn2)n1. The largest absolute Gasteiger partial charge is 0.369 e. The highest BCUT2D eigenvalue weighted by Gasteiger charge is 2.14. The summed E-state index contributed by atoms with van der Waals surface area (Å²) in [6.45, 7) is 6.90. The molecule has 7 nitrogen and oxygen atoms in total. The standard InChI is InChI=1S/C22H27N7/c1-17-15-21(27-22(25-17)24-16-19-5-3-4-10-23-19)26-18-6-8-20(9-7-18)29-13-11-28(2)12-14-29/h3-10,15H,11-14,16H2,1-2H3,(H2,24,25,26,27). The van der Waals surface area contributed by atoms with E-state index < -0.39 is 0 Å². The summed E-state index contributed by atoms with van der Waals surface area (Å²) in [6, 6.07) is 16.3. The Morgan fingerprint density at radius 1 is 0.966 bits per heavy atom. The zero-order valence-corrected chi connectivity index (χ0v) is 17.0. The fourth-order valence-corrected chi connectivity index (χ4v) is 3.35. The number of piperazine rings is 1. The van der Waals surface area contributed by atoms with Crippen LogP contribution in [-0.4, -0.2) is 53.1 Å². The number of hydrogen-bond acceptors (Lipinski definition) is 7. The number of rotatable bonds is 6. The van der Waals surface area contributed by atoms with Gasteiger partial charge in [0.25, 0.3) is 0 Å². The van der Waals surface area contributed by atoms with E-state index in [9.17, 15) is 0 Å². The van der Waals surface area contributed by atoms with E-state index in [2.05, 4.69) is 66.7 Å². The lowest BCUT2D eigenvalue weighted by Crippen LogP contribution is -2.44. The minimum atomic E-state index is 0.587. The number of nitrogens with zero attached hydrogens (tertiary/aromatic N) is 5. The summed E-state index contributed by atoms with van der Waals surface area (Å²) in [5.41, 5.74) is 4.13. The summed E-state index contributed by atoms with van der Waals surface area (Å²) in [6.07, 6.45) is 1.78. The molecule has 2 N–H and O–H groups in total. The number of nitrogens with one attached hydrogen (secondary N) is 2. The van der Waals surface area contributed by atoms with Crippen LogP contribution >= 0.6 is 0 Å². The van der Waals surface area contributed by atoms with Crippen LogP contribution in [0, 0.1) is 6.92 Å². The molecule has 0 amide bonds. The van der Waals surface area contributed by atoms with Gasteiger partial charge in [0.1, 0.15) is 5.82 Å². The van der Waals surface area contributed by atoms with E-state index in [1.54, 1.807) is 6.20 Å². The molecule has 1 aromatic carbocycles. The Morgan fingerprint density at radius 3 is 2.48 bits per heavy atom. The molecule has 29 heavy (non-hydrogen) atoms. The Morgan fingerprint density at radius 2 is 1.76 bits per heavy atom. The predicted octanol–water partition coefficient (Wildman–Crippen LogP) is 3.29. The molecule has 150 valence electrons. The van der Waals surface area contributed by atoms with Crippen LogP contribution in [0.25, 0.3) is 0 Å². The molecule has 0 radical (unpaired) electrons. The van der Waals surface area contributed by atoms with Crippen molar-refractivity contribution in [3.8, 4) is 0 Å². The highest BCUT2D eigenvalue weighted by molar-refractivity contribution is 5.61. The van der Waals surface area contributed by atoms with E-state index >= 15 is 0 Å². The molecule has 3 aromatic rings. The normalized spacial score (nSPS) is 14.6. The maximum atomic E-state index is 4.59. The molecule has 2 aromatic heterocycles. The van der Waals surface area contributed by atoms with Crippen LogP contribution in [0.5, 0.6) is 0 Å². The maximum absolute atomic E-state index is 4.59. The number of pyridine rings is 1. The van der Waals surface area contributed by atoms with Gasteiger partial charge in [-0.25, -0.2) is 4.98 Å². The van der Waals surface area contributed by atoms with Crippen LogP contribution in [0.2, 0.25) is 0 Å². The van der Waals surface area contributed by atoms with Crippen molar-refractivity contribution in [2.24, 2.45) is 0 Å². The van der Waals surface area contributed by atoms with Crippen molar-refractivity contribution in [2.45, 2.75) is 13.5 Å². The van der Waals surface area contributed by atoms with E-state index in [-0.39, 0.29) is 0 Å². The van der Waals surface area contributed by atoms with Crippen molar-refractivity contribution >= 4 is 23.1 Å². The lowest BCUT2D eigenvalue weighted by atomic mass is 10.2. The second kappa shape index (κ2) is 8.87. The zero-order chi connectivity index (χ0) is 20.1. The quantitative estimate of drug-likeness (QED) is 0.670. The summed E-state index contributed by atoms with van der Waals surface area (Å²) >= 11 is 0. The molecule has 0 saturated carbocycles. The molecule has 1 aliphatic heterocycles. The van der Waals surface area contributed by atoms with Gasteiger partial charge in [-0.3, -0.25) is 4.98 Å². The first-order valence-corrected chi connectivity index (χ1v) is 9.96. The summed E-state index contributed by atoms with van der Waals surface area (Å²) in [7, 11) is 2.17. The molecule has 3 heterocycles. The first-order valence-electron chi connectivity index (χ1n) is 9.96. The summed E-state index contributed by atoms with van der Waals surface area (Å²) < 4.78 is 0. The number of hydrogen-bond donors (Lipinski definition) is 2. The Kier molecular flexibility index (Phi) is 5.86. The van der Waals surface area contributed by atoms with Gasteiger partial charge >= 0.3 is 0 Å². The van der Waals surface area contributed by atoms with Crippen LogP contribution in [0.3, 0.4) is 0 Å². The lowest BCUT2D eigenvalue weighted by Gasteiger charge is -2.34. The minimum absolute atomic E-state index is 0.587. The molecule has 0 unspecified atom stereocenters. The van der Waals surface area contributed by atoms with Crippen LogP contribution < -0.4 is 15.5 Å². The molecule has 7 heteroatoms. The number of aromatic nitrogens is 3. The first-order chi connectivity index (χ1) is 14.2. The summed E-state index contributed by atoms with van der Waals surface area (Å²) in [5.74, 6) is 1.36. The van der Waals surface area contributed by atoms with Crippen LogP contribution in [0.4, 0.5) is 23.1 Å². The first kappa shape index (κ1) is 19.1. The second-order valence-electron chi connectivity index (χ2n) is 7.35. The van der Waals surface area contributed by atoms with E-state index in [1.807, 2.05) is 31.2 Å². The average Bonchev–Trinajstić information content (AvgIpc) is 2.74. The lowest BCUT2D eigenvalue weighted by molar-refractivity contribution is 0.313. The molecule has 0 aliphatic carbocycles. The molecular formula is C22H27N7. The van der Waals surface area contributed by atoms with Crippen LogP contribution in [-0.2, 0) is 6.54 Å². The molecular weight excluding hydrogens is 362 g/mol. The maximum Gasteiger partial charge on any atom is 0.225 e. The summed E-state index contributed by atoms with van der Waals surface area (Å²) in [5, 5.41) is 6.64. The van der Waals surface area contributed by atoms with Gasteiger partial charge < -0.3 is 20.4 Å². The van der Waals surface area contributed by atoms with Gasteiger partial charge in [0.05, 0.1) is 12.2 Å². The highest BCUT2D eigenvalue weighted by Crippen LogP contribution is 2.22. The minimum Gasteiger partial charge on any atom is -0.369 e. The van der Waals surface area contributed by atoms with E-state index in [0.717, 1.165) is 49.1 Å². The van der Waals surface area contributed by atoms with Gasteiger partial charge in [-0.2, -0.15) is 4.98 Å². The smallest absolute Gasteiger partial charge is 0.225 e. The number of aryl methyl sites for hydroxylation is 1. The average molecular weight is 390 g/mol. The van der Waals surface area contributed by atoms with Gasteiger partial charge in [-0.05, 0) is 50.4 Å². The highest BCUT2D eigenvalue weighted by atomic mass is 15.2. The van der Waals surface area contributed by atoms with Gasteiger partial charge in [-0.1, -0.05) is 6.07 Å². The van der Waals surface area contributed by atoms with E-state index in [1.165, 1.54) is 5.69 Å². The molecule has 0 spiro atoms. The van der Waals surface area contributed by atoms with Gasteiger partial charge in [0.15, 0.2) is 0 Å².